The summed E-state index contributed by atoms with van der Waals surface area (Å²) in [6.45, 7) is 1.66. The Bertz CT molecular complexity index is 416. The van der Waals surface area contributed by atoms with E-state index >= 15 is 0 Å². The highest BCUT2D eigenvalue weighted by atomic mass is 16.5. The summed E-state index contributed by atoms with van der Waals surface area (Å²) in [6.07, 6.45) is 6.50. The van der Waals surface area contributed by atoms with Crippen LogP contribution in [-0.4, -0.2) is 38.5 Å². The molecule has 1 saturated heterocycles. The minimum Gasteiger partial charge on any atom is -0.376 e. The van der Waals surface area contributed by atoms with E-state index in [-0.39, 0.29) is 0 Å². The fourth-order valence-electron chi connectivity index (χ4n) is 3.68. The predicted molar refractivity (Wildman–Crippen MR) is 84.6 cm³/mol. The highest BCUT2D eigenvalue weighted by Crippen LogP contribution is 2.34. The molecule has 4 atom stereocenters. The Morgan fingerprint density at radius 3 is 2.76 bits per heavy atom. The van der Waals surface area contributed by atoms with Gasteiger partial charge in [-0.05, 0) is 50.6 Å². The highest BCUT2D eigenvalue weighted by Gasteiger charge is 2.31. The molecule has 1 aromatic carbocycles. The van der Waals surface area contributed by atoms with E-state index in [0.717, 1.165) is 26.1 Å². The van der Waals surface area contributed by atoms with Gasteiger partial charge in [-0.1, -0.05) is 30.3 Å². The third kappa shape index (κ3) is 3.85. The van der Waals surface area contributed by atoms with Crippen LogP contribution in [0.2, 0.25) is 0 Å². The second-order valence-electron chi connectivity index (χ2n) is 6.32. The molecule has 1 aromatic rings. The van der Waals surface area contributed by atoms with Crippen molar-refractivity contribution in [2.75, 3.05) is 20.3 Å². The quantitative estimate of drug-likeness (QED) is 0.903. The van der Waals surface area contributed by atoms with Crippen LogP contribution in [0.5, 0.6) is 0 Å². The number of benzene rings is 1. The van der Waals surface area contributed by atoms with E-state index in [9.17, 15) is 0 Å². The van der Waals surface area contributed by atoms with Gasteiger partial charge in [0.15, 0.2) is 0 Å². The van der Waals surface area contributed by atoms with Crippen molar-refractivity contribution in [1.82, 2.24) is 5.32 Å². The first kappa shape index (κ1) is 15.0. The standard InChI is InChI=1S/C18H27NO2/c1-19-17-10-9-15(14-6-3-2-4-7-14)12-18(17)21-13-16-8-5-11-20-16/h2-4,6-7,15-19H,5,8-13H2,1H3. The summed E-state index contributed by atoms with van der Waals surface area (Å²) >= 11 is 0. The van der Waals surface area contributed by atoms with Crippen molar-refractivity contribution in [3.63, 3.8) is 0 Å². The van der Waals surface area contributed by atoms with E-state index in [1.807, 2.05) is 0 Å². The number of nitrogens with one attached hydrogen (secondary N) is 1. The first-order valence-corrected chi connectivity index (χ1v) is 8.32. The number of hydrogen-bond acceptors (Lipinski definition) is 3. The van der Waals surface area contributed by atoms with Crippen LogP contribution >= 0.6 is 0 Å². The maximum absolute atomic E-state index is 6.23. The largest absolute Gasteiger partial charge is 0.376 e. The van der Waals surface area contributed by atoms with Crippen molar-refractivity contribution >= 4 is 0 Å². The van der Waals surface area contributed by atoms with E-state index < -0.39 is 0 Å². The van der Waals surface area contributed by atoms with Gasteiger partial charge in [-0.25, -0.2) is 0 Å². The Kier molecular flexibility index (Phi) is 5.28. The van der Waals surface area contributed by atoms with Gasteiger partial charge >= 0.3 is 0 Å². The Labute approximate surface area is 128 Å². The summed E-state index contributed by atoms with van der Waals surface area (Å²) in [5.41, 5.74) is 1.46. The lowest BCUT2D eigenvalue weighted by Gasteiger charge is -2.36. The summed E-state index contributed by atoms with van der Waals surface area (Å²) in [5, 5.41) is 3.44. The van der Waals surface area contributed by atoms with Crippen LogP contribution in [0.3, 0.4) is 0 Å². The van der Waals surface area contributed by atoms with Crippen LogP contribution in [0.25, 0.3) is 0 Å². The summed E-state index contributed by atoms with van der Waals surface area (Å²) in [5.74, 6) is 0.630. The van der Waals surface area contributed by atoms with E-state index in [0.29, 0.717) is 24.2 Å². The van der Waals surface area contributed by atoms with Crippen LogP contribution in [0.15, 0.2) is 30.3 Å². The van der Waals surface area contributed by atoms with E-state index in [1.165, 1.54) is 24.8 Å². The average molecular weight is 289 g/mol. The van der Waals surface area contributed by atoms with Gasteiger partial charge in [-0.15, -0.1) is 0 Å². The molecule has 0 radical (unpaired) electrons. The van der Waals surface area contributed by atoms with Gasteiger partial charge in [-0.2, -0.15) is 0 Å². The van der Waals surface area contributed by atoms with Crippen LogP contribution < -0.4 is 5.32 Å². The molecule has 3 nitrogen and oxygen atoms in total. The smallest absolute Gasteiger partial charge is 0.0809 e. The molecule has 116 valence electrons. The lowest BCUT2D eigenvalue weighted by molar-refractivity contribution is -0.0474. The molecule has 1 saturated carbocycles. The Hall–Kier alpha value is -0.900. The van der Waals surface area contributed by atoms with Gasteiger partial charge in [0.25, 0.3) is 0 Å². The number of ether oxygens (including phenoxy) is 2. The van der Waals surface area contributed by atoms with Crippen LogP contribution in [0, 0.1) is 0 Å². The molecule has 0 bridgehead atoms. The monoisotopic (exact) mass is 289 g/mol. The molecule has 0 aromatic heterocycles. The second kappa shape index (κ2) is 7.39. The molecule has 2 fully saturated rings. The molecule has 3 rings (SSSR count). The number of likely N-dealkylation sites (N-methyl/N-ethyl adjacent to an activating group) is 1. The molecule has 2 aliphatic rings. The fraction of sp³-hybridized carbons (Fsp3) is 0.667. The van der Waals surface area contributed by atoms with Gasteiger partial charge in [0, 0.05) is 12.6 Å². The van der Waals surface area contributed by atoms with Crippen LogP contribution in [-0.2, 0) is 9.47 Å². The topological polar surface area (TPSA) is 30.5 Å². The van der Waals surface area contributed by atoms with Gasteiger partial charge in [0.2, 0.25) is 0 Å². The molecular formula is C18H27NO2. The first-order valence-electron chi connectivity index (χ1n) is 8.32. The van der Waals surface area contributed by atoms with Gasteiger partial charge < -0.3 is 14.8 Å². The Morgan fingerprint density at radius 2 is 2.05 bits per heavy atom. The van der Waals surface area contributed by atoms with Crippen molar-refractivity contribution in [2.45, 2.75) is 56.3 Å². The minimum atomic E-state index is 0.304. The molecule has 1 N–H and O–H groups in total. The third-order valence-corrected chi connectivity index (χ3v) is 4.95. The van der Waals surface area contributed by atoms with Crippen LogP contribution in [0.1, 0.15) is 43.6 Å². The highest BCUT2D eigenvalue weighted by molar-refractivity contribution is 5.20. The molecular weight excluding hydrogens is 262 g/mol. The van der Waals surface area contributed by atoms with Crippen molar-refractivity contribution in [2.24, 2.45) is 0 Å². The molecule has 21 heavy (non-hydrogen) atoms. The zero-order chi connectivity index (χ0) is 14.5. The van der Waals surface area contributed by atoms with Crippen molar-refractivity contribution in [3.8, 4) is 0 Å². The predicted octanol–water partition coefficient (Wildman–Crippen LogP) is 3.11. The maximum Gasteiger partial charge on any atom is 0.0809 e. The van der Waals surface area contributed by atoms with Crippen LogP contribution in [0.4, 0.5) is 0 Å². The molecule has 4 unspecified atom stereocenters. The van der Waals surface area contributed by atoms with E-state index in [2.05, 4.69) is 42.7 Å². The minimum absolute atomic E-state index is 0.304. The summed E-state index contributed by atoms with van der Waals surface area (Å²) in [4.78, 5) is 0. The second-order valence-corrected chi connectivity index (χ2v) is 6.32. The SMILES string of the molecule is CNC1CCC(c2ccccc2)CC1OCC1CCCO1. The molecule has 1 heterocycles. The normalized spacial score (nSPS) is 33.2. The third-order valence-electron chi connectivity index (χ3n) is 4.95. The van der Waals surface area contributed by atoms with Gasteiger partial charge in [-0.3, -0.25) is 0 Å². The first-order chi connectivity index (χ1) is 10.4. The fourth-order valence-corrected chi connectivity index (χ4v) is 3.68. The van der Waals surface area contributed by atoms with Gasteiger partial charge in [0.05, 0.1) is 18.8 Å². The summed E-state index contributed by atoms with van der Waals surface area (Å²) < 4.78 is 11.9. The molecule has 1 aliphatic carbocycles. The van der Waals surface area contributed by atoms with Gasteiger partial charge in [0.1, 0.15) is 0 Å². The molecule has 1 aliphatic heterocycles. The van der Waals surface area contributed by atoms with Crippen molar-refractivity contribution in [1.29, 1.82) is 0 Å². The van der Waals surface area contributed by atoms with E-state index in [1.54, 1.807) is 0 Å². The summed E-state index contributed by atoms with van der Waals surface area (Å²) in [6, 6.07) is 11.4. The van der Waals surface area contributed by atoms with Crippen molar-refractivity contribution < 1.29 is 9.47 Å². The van der Waals surface area contributed by atoms with E-state index in [4.69, 9.17) is 9.47 Å². The Morgan fingerprint density at radius 1 is 1.19 bits per heavy atom. The molecule has 0 spiro atoms. The lowest BCUT2D eigenvalue weighted by Crippen LogP contribution is -2.44. The lowest BCUT2D eigenvalue weighted by atomic mass is 9.80. The Balaban J connectivity index is 1.58. The molecule has 0 amide bonds. The molecule has 3 heteroatoms. The number of rotatable bonds is 5. The number of hydrogen-bond donors (Lipinski definition) is 1. The maximum atomic E-state index is 6.23. The summed E-state index contributed by atoms with van der Waals surface area (Å²) in [7, 11) is 2.05. The zero-order valence-corrected chi connectivity index (χ0v) is 13.0. The zero-order valence-electron chi connectivity index (χ0n) is 13.0. The van der Waals surface area contributed by atoms with Crippen molar-refractivity contribution in [3.05, 3.63) is 35.9 Å². The average Bonchev–Trinajstić information content (AvgIpc) is 3.07.